The van der Waals surface area contributed by atoms with Gasteiger partial charge >= 0.3 is 0 Å². The van der Waals surface area contributed by atoms with Crippen LogP contribution in [0.3, 0.4) is 0 Å². The number of carbonyl (C=O) groups excluding carboxylic acids is 1. The number of ether oxygens (including phenoxy) is 1. The Hall–Kier alpha value is -2.43. The summed E-state index contributed by atoms with van der Waals surface area (Å²) in [6.45, 7) is 4.02. The lowest BCUT2D eigenvalue weighted by Gasteiger charge is -2.07. The number of aromatic nitrogens is 1. The first-order valence-corrected chi connectivity index (χ1v) is 6.26. The van der Waals surface area contributed by atoms with Crippen molar-refractivity contribution in [3.63, 3.8) is 0 Å². The van der Waals surface area contributed by atoms with Crippen molar-refractivity contribution in [3.8, 4) is 5.88 Å². The van der Waals surface area contributed by atoms with Gasteiger partial charge in [-0.1, -0.05) is 0 Å². The lowest BCUT2D eigenvalue weighted by atomic mass is 10.1. The highest BCUT2D eigenvalue weighted by Gasteiger charge is 2.08. The van der Waals surface area contributed by atoms with Gasteiger partial charge in [-0.25, -0.2) is 9.37 Å². The van der Waals surface area contributed by atoms with Gasteiger partial charge in [0.05, 0.1) is 18.5 Å². The Morgan fingerprint density at radius 3 is 2.75 bits per heavy atom. The number of halogens is 1. The van der Waals surface area contributed by atoms with Gasteiger partial charge in [0.2, 0.25) is 5.88 Å². The van der Waals surface area contributed by atoms with Crippen molar-refractivity contribution in [3.05, 3.63) is 53.5 Å². The third-order valence-corrected chi connectivity index (χ3v) is 2.71. The van der Waals surface area contributed by atoms with Crippen LogP contribution in [0, 0.1) is 12.7 Å². The van der Waals surface area contributed by atoms with Gasteiger partial charge in [-0.15, -0.1) is 0 Å². The number of hydrogen-bond donors (Lipinski definition) is 1. The van der Waals surface area contributed by atoms with E-state index >= 15 is 0 Å². The van der Waals surface area contributed by atoms with Crippen LogP contribution in [-0.2, 0) is 0 Å². The van der Waals surface area contributed by atoms with Gasteiger partial charge in [-0.3, -0.25) is 4.79 Å². The highest BCUT2D eigenvalue weighted by molar-refractivity contribution is 6.04. The highest BCUT2D eigenvalue weighted by atomic mass is 19.1. The second-order valence-corrected chi connectivity index (χ2v) is 4.24. The van der Waals surface area contributed by atoms with E-state index in [0.717, 1.165) is 0 Å². The molecule has 0 aliphatic rings. The molecular weight excluding hydrogens is 259 g/mol. The van der Waals surface area contributed by atoms with Crippen molar-refractivity contribution in [2.24, 2.45) is 0 Å². The number of hydrogen-bond acceptors (Lipinski definition) is 3. The van der Waals surface area contributed by atoms with Crippen molar-refractivity contribution >= 4 is 11.6 Å². The average molecular weight is 274 g/mol. The van der Waals surface area contributed by atoms with Crippen molar-refractivity contribution < 1.29 is 13.9 Å². The van der Waals surface area contributed by atoms with E-state index in [2.05, 4.69) is 10.3 Å². The quantitative estimate of drug-likeness (QED) is 0.931. The zero-order valence-electron chi connectivity index (χ0n) is 11.3. The fourth-order valence-electron chi connectivity index (χ4n) is 1.68. The smallest absolute Gasteiger partial charge is 0.255 e. The average Bonchev–Trinajstić information content (AvgIpc) is 2.44. The summed E-state index contributed by atoms with van der Waals surface area (Å²) in [7, 11) is 0. The summed E-state index contributed by atoms with van der Waals surface area (Å²) in [5.41, 5.74) is 1.39. The van der Waals surface area contributed by atoms with E-state index in [1.165, 1.54) is 24.4 Å². The summed E-state index contributed by atoms with van der Waals surface area (Å²) in [6, 6.07) is 7.61. The minimum Gasteiger partial charge on any atom is -0.478 e. The topological polar surface area (TPSA) is 51.2 Å². The number of rotatable bonds is 4. The number of nitrogens with zero attached hydrogens (tertiary/aromatic N) is 1. The number of pyridine rings is 1. The van der Waals surface area contributed by atoms with Gasteiger partial charge in [0.15, 0.2) is 0 Å². The first-order chi connectivity index (χ1) is 9.60. The van der Waals surface area contributed by atoms with E-state index in [-0.39, 0.29) is 11.7 Å². The Morgan fingerprint density at radius 2 is 2.15 bits per heavy atom. The minimum absolute atomic E-state index is 0.306. The molecule has 0 atom stereocenters. The van der Waals surface area contributed by atoms with Gasteiger partial charge in [-0.2, -0.15) is 0 Å². The molecule has 1 amide bonds. The van der Waals surface area contributed by atoms with Gasteiger partial charge in [0.1, 0.15) is 5.82 Å². The largest absolute Gasteiger partial charge is 0.478 e. The number of carbonyl (C=O) groups is 1. The number of benzene rings is 1. The summed E-state index contributed by atoms with van der Waals surface area (Å²) in [5, 5.41) is 2.69. The standard InChI is InChI=1S/C15H15FN2O2/c1-3-20-14-7-5-12(9-17-14)18-15(19)11-4-6-13(16)10(2)8-11/h4-9H,3H2,1-2H3,(H,18,19). The number of nitrogens with one attached hydrogen (secondary N) is 1. The summed E-state index contributed by atoms with van der Waals surface area (Å²) in [6.07, 6.45) is 1.51. The van der Waals surface area contributed by atoms with Crippen molar-refractivity contribution in [2.45, 2.75) is 13.8 Å². The van der Waals surface area contributed by atoms with Crippen LogP contribution in [0.4, 0.5) is 10.1 Å². The number of anilines is 1. The molecule has 0 bridgehead atoms. The zero-order valence-corrected chi connectivity index (χ0v) is 11.3. The lowest BCUT2D eigenvalue weighted by Crippen LogP contribution is -2.12. The van der Waals surface area contributed by atoms with E-state index in [4.69, 9.17) is 4.74 Å². The predicted molar refractivity (Wildman–Crippen MR) is 74.5 cm³/mol. The molecule has 1 N–H and O–H groups in total. The SMILES string of the molecule is CCOc1ccc(NC(=O)c2ccc(F)c(C)c2)cn1. The molecule has 1 aromatic carbocycles. The predicted octanol–water partition coefficient (Wildman–Crippen LogP) is 3.18. The Morgan fingerprint density at radius 1 is 1.35 bits per heavy atom. The van der Waals surface area contributed by atoms with Crippen LogP contribution in [0.1, 0.15) is 22.8 Å². The number of aryl methyl sites for hydroxylation is 1. The van der Waals surface area contributed by atoms with Crippen molar-refractivity contribution in [1.29, 1.82) is 0 Å². The maximum Gasteiger partial charge on any atom is 0.255 e. The summed E-state index contributed by atoms with van der Waals surface area (Å²) in [5.74, 6) is -0.133. The van der Waals surface area contributed by atoms with Gasteiger partial charge in [0.25, 0.3) is 5.91 Å². The molecule has 1 heterocycles. The molecule has 2 aromatic rings. The molecule has 0 saturated heterocycles. The van der Waals surface area contributed by atoms with Crippen molar-refractivity contribution in [1.82, 2.24) is 4.98 Å². The molecule has 104 valence electrons. The van der Waals surface area contributed by atoms with Gasteiger partial charge in [-0.05, 0) is 43.7 Å². The van der Waals surface area contributed by atoms with E-state index in [1.807, 2.05) is 6.92 Å². The Balaban J connectivity index is 2.08. The Kier molecular flexibility index (Phi) is 4.30. The second kappa shape index (κ2) is 6.14. The summed E-state index contributed by atoms with van der Waals surface area (Å²) >= 11 is 0. The van der Waals surface area contributed by atoms with E-state index < -0.39 is 0 Å². The third-order valence-electron chi connectivity index (χ3n) is 2.71. The molecule has 4 nitrogen and oxygen atoms in total. The van der Waals surface area contributed by atoms with Gasteiger partial charge in [0, 0.05) is 11.6 Å². The highest BCUT2D eigenvalue weighted by Crippen LogP contribution is 2.14. The van der Waals surface area contributed by atoms with Crippen LogP contribution in [0.15, 0.2) is 36.5 Å². The maximum absolute atomic E-state index is 13.2. The second-order valence-electron chi connectivity index (χ2n) is 4.24. The van der Waals surface area contributed by atoms with E-state index in [1.54, 1.807) is 19.1 Å². The molecule has 0 aliphatic heterocycles. The normalized spacial score (nSPS) is 10.2. The van der Waals surface area contributed by atoms with Crippen LogP contribution in [-0.4, -0.2) is 17.5 Å². The molecule has 0 radical (unpaired) electrons. The van der Waals surface area contributed by atoms with Gasteiger partial charge < -0.3 is 10.1 Å². The van der Waals surface area contributed by atoms with Crippen molar-refractivity contribution in [2.75, 3.05) is 11.9 Å². The third kappa shape index (κ3) is 3.32. The molecule has 0 spiro atoms. The van der Waals surface area contributed by atoms with Crippen LogP contribution in [0.5, 0.6) is 5.88 Å². The summed E-state index contributed by atoms with van der Waals surface area (Å²) < 4.78 is 18.4. The number of amides is 1. The maximum atomic E-state index is 13.2. The molecule has 2 rings (SSSR count). The van der Waals surface area contributed by atoms with Crippen LogP contribution in [0.2, 0.25) is 0 Å². The fourth-order valence-corrected chi connectivity index (χ4v) is 1.68. The monoisotopic (exact) mass is 274 g/mol. The molecular formula is C15H15FN2O2. The van der Waals surface area contributed by atoms with Crippen LogP contribution < -0.4 is 10.1 Å². The Labute approximate surface area is 116 Å². The molecule has 20 heavy (non-hydrogen) atoms. The lowest BCUT2D eigenvalue weighted by molar-refractivity contribution is 0.102. The zero-order chi connectivity index (χ0) is 14.5. The minimum atomic E-state index is -0.329. The fraction of sp³-hybridized carbons (Fsp3) is 0.200. The molecule has 0 saturated carbocycles. The molecule has 0 unspecified atom stereocenters. The van der Waals surface area contributed by atoms with Crippen LogP contribution >= 0.6 is 0 Å². The Bertz CT molecular complexity index is 612. The van der Waals surface area contributed by atoms with E-state index in [0.29, 0.717) is 29.3 Å². The molecule has 0 aliphatic carbocycles. The first-order valence-electron chi connectivity index (χ1n) is 6.26. The van der Waals surface area contributed by atoms with Crippen LogP contribution in [0.25, 0.3) is 0 Å². The molecule has 1 aromatic heterocycles. The molecule has 0 fully saturated rings. The molecule has 5 heteroatoms. The van der Waals surface area contributed by atoms with E-state index in [9.17, 15) is 9.18 Å². The first kappa shape index (κ1) is 14.0. The summed E-state index contributed by atoms with van der Waals surface area (Å²) in [4.78, 5) is 16.0.